The average molecular weight is 283 g/mol. The van der Waals surface area contributed by atoms with E-state index in [-0.39, 0.29) is 11.9 Å². The molecule has 2 aromatic heterocycles. The fraction of sp³-hybridized carbons (Fsp3) is 0.385. The van der Waals surface area contributed by atoms with Crippen molar-refractivity contribution in [2.24, 2.45) is 0 Å². The zero-order valence-corrected chi connectivity index (χ0v) is 11.7. The lowest BCUT2D eigenvalue weighted by atomic mass is 10.1. The summed E-state index contributed by atoms with van der Waals surface area (Å²) in [6, 6.07) is 1.22. The summed E-state index contributed by atoms with van der Waals surface area (Å²) in [5.74, 6) is -0.365. The van der Waals surface area contributed by atoms with E-state index in [1.807, 2.05) is 4.68 Å². The van der Waals surface area contributed by atoms with Crippen LogP contribution in [0, 0.1) is 5.82 Å². The Balaban J connectivity index is 2.44. The maximum Gasteiger partial charge on any atom is 0.141 e. The van der Waals surface area contributed by atoms with Crippen LogP contribution < -0.4 is 5.32 Å². The van der Waals surface area contributed by atoms with E-state index in [1.165, 1.54) is 12.3 Å². The molecule has 2 heterocycles. The van der Waals surface area contributed by atoms with E-state index in [9.17, 15) is 4.39 Å². The van der Waals surface area contributed by atoms with E-state index in [1.54, 1.807) is 19.4 Å². The van der Waals surface area contributed by atoms with Crippen molar-refractivity contribution >= 4 is 11.6 Å². The Morgan fingerprint density at radius 2 is 2.21 bits per heavy atom. The molecule has 6 heteroatoms. The van der Waals surface area contributed by atoms with Crippen LogP contribution in [0.3, 0.4) is 0 Å². The highest BCUT2D eigenvalue weighted by Gasteiger charge is 2.21. The Morgan fingerprint density at radius 3 is 2.84 bits per heavy atom. The van der Waals surface area contributed by atoms with Gasteiger partial charge in [0.1, 0.15) is 5.82 Å². The van der Waals surface area contributed by atoms with Crippen LogP contribution in [0.15, 0.2) is 24.7 Å². The van der Waals surface area contributed by atoms with E-state index >= 15 is 0 Å². The van der Waals surface area contributed by atoms with Gasteiger partial charge < -0.3 is 5.32 Å². The van der Waals surface area contributed by atoms with Crippen molar-refractivity contribution in [2.45, 2.75) is 25.9 Å². The summed E-state index contributed by atoms with van der Waals surface area (Å²) in [7, 11) is 1.80. The molecule has 1 N–H and O–H groups in total. The Kier molecular flexibility index (Phi) is 4.50. The van der Waals surface area contributed by atoms with Crippen LogP contribution in [0.2, 0.25) is 5.02 Å². The van der Waals surface area contributed by atoms with Gasteiger partial charge in [0, 0.05) is 12.7 Å². The van der Waals surface area contributed by atoms with Gasteiger partial charge in [0.25, 0.3) is 0 Å². The van der Waals surface area contributed by atoms with Gasteiger partial charge in [-0.1, -0.05) is 18.5 Å². The van der Waals surface area contributed by atoms with Gasteiger partial charge >= 0.3 is 0 Å². The van der Waals surface area contributed by atoms with Crippen LogP contribution in [0.1, 0.15) is 30.6 Å². The second-order valence-corrected chi connectivity index (χ2v) is 4.67. The minimum absolute atomic E-state index is 0.232. The number of rotatable bonds is 5. The third-order valence-electron chi connectivity index (χ3n) is 2.89. The molecule has 0 amide bonds. The zero-order chi connectivity index (χ0) is 13.8. The minimum Gasteiger partial charge on any atom is -0.308 e. The topological polar surface area (TPSA) is 42.7 Å². The molecule has 2 aromatic rings. The summed E-state index contributed by atoms with van der Waals surface area (Å²) in [5.41, 5.74) is 1.56. The Labute approximate surface area is 116 Å². The lowest BCUT2D eigenvalue weighted by Crippen LogP contribution is -2.22. The fourth-order valence-corrected chi connectivity index (χ4v) is 2.35. The van der Waals surface area contributed by atoms with Crippen molar-refractivity contribution in [2.75, 3.05) is 7.05 Å². The number of aryl methyl sites for hydroxylation is 1. The fourth-order valence-electron chi connectivity index (χ4n) is 2.10. The smallest absolute Gasteiger partial charge is 0.141 e. The van der Waals surface area contributed by atoms with Gasteiger partial charge in [-0.25, -0.2) is 4.39 Å². The number of nitrogens with one attached hydrogen (secondary N) is 1. The normalized spacial score (nSPS) is 12.6. The number of halogens is 2. The first-order chi connectivity index (χ1) is 9.17. The van der Waals surface area contributed by atoms with Crippen molar-refractivity contribution < 1.29 is 4.39 Å². The average Bonchev–Trinajstić information content (AvgIpc) is 2.74. The second-order valence-electron chi connectivity index (χ2n) is 4.26. The molecule has 1 unspecified atom stereocenters. The molecule has 1 atom stereocenters. The number of nitrogens with zero attached hydrogens (tertiary/aromatic N) is 3. The lowest BCUT2D eigenvalue weighted by molar-refractivity contribution is 0.531. The molecule has 0 aliphatic carbocycles. The number of hydrogen-bond acceptors (Lipinski definition) is 3. The molecule has 0 saturated carbocycles. The molecule has 4 nitrogen and oxygen atoms in total. The van der Waals surface area contributed by atoms with Gasteiger partial charge in [0.15, 0.2) is 0 Å². The van der Waals surface area contributed by atoms with Crippen molar-refractivity contribution in [3.8, 4) is 0 Å². The molecule has 19 heavy (non-hydrogen) atoms. The quantitative estimate of drug-likeness (QED) is 0.917. The first kappa shape index (κ1) is 14.0. The van der Waals surface area contributed by atoms with Gasteiger partial charge in [-0.3, -0.25) is 9.67 Å². The van der Waals surface area contributed by atoms with E-state index in [4.69, 9.17) is 11.6 Å². The SMILES string of the molecule is CCCn1ncc(Cl)c1C(NC)c1cncc(F)c1. The number of pyridine rings is 1. The van der Waals surface area contributed by atoms with Crippen LogP contribution in [0.4, 0.5) is 4.39 Å². The van der Waals surface area contributed by atoms with Crippen molar-refractivity contribution in [3.63, 3.8) is 0 Å². The maximum atomic E-state index is 13.3. The van der Waals surface area contributed by atoms with Gasteiger partial charge in [0.2, 0.25) is 0 Å². The Hall–Kier alpha value is -1.46. The minimum atomic E-state index is -0.365. The van der Waals surface area contributed by atoms with Gasteiger partial charge in [-0.2, -0.15) is 5.10 Å². The van der Waals surface area contributed by atoms with E-state index < -0.39 is 0 Å². The van der Waals surface area contributed by atoms with Crippen molar-refractivity contribution in [1.29, 1.82) is 0 Å². The summed E-state index contributed by atoms with van der Waals surface area (Å²) in [6.07, 6.45) is 5.37. The van der Waals surface area contributed by atoms with E-state index in [0.29, 0.717) is 5.02 Å². The van der Waals surface area contributed by atoms with Crippen LogP contribution in [0.5, 0.6) is 0 Å². The van der Waals surface area contributed by atoms with Gasteiger partial charge in [-0.05, 0) is 25.1 Å². The van der Waals surface area contributed by atoms with E-state index in [2.05, 4.69) is 22.3 Å². The third-order valence-corrected chi connectivity index (χ3v) is 3.18. The monoisotopic (exact) mass is 282 g/mol. The molecular formula is C13H16ClFN4. The highest BCUT2D eigenvalue weighted by molar-refractivity contribution is 6.31. The predicted octanol–water partition coefficient (Wildman–Crippen LogP) is 2.79. The molecule has 0 fully saturated rings. The Morgan fingerprint density at radius 1 is 1.42 bits per heavy atom. The largest absolute Gasteiger partial charge is 0.308 e. The molecular weight excluding hydrogens is 267 g/mol. The first-order valence-electron chi connectivity index (χ1n) is 6.16. The highest BCUT2D eigenvalue weighted by atomic mass is 35.5. The summed E-state index contributed by atoms with van der Waals surface area (Å²) >= 11 is 6.21. The molecule has 0 radical (unpaired) electrons. The first-order valence-corrected chi connectivity index (χ1v) is 6.54. The number of hydrogen-bond donors (Lipinski definition) is 1. The van der Waals surface area contributed by atoms with Gasteiger partial charge in [-0.15, -0.1) is 0 Å². The highest BCUT2D eigenvalue weighted by Crippen LogP contribution is 2.28. The van der Waals surface area contributed by atoms with Crippen molar-refractivity contribution in [1.82, 2.24) is 20.1 Å². The molecule has 0 aliphatic rings. The molecule has 0 spiro atoms. The predicted molar refractivity (Wildman–Crippen MR) is 72.6 cm³/mol. The molecule has 102 valence electrons. The zero-order valence-electron chi connectivity index (χ0n) is 10.9. The summed E-state index contributed by atoms with van der Waals surface area (Å²) in [4.78, 5) is 3.88. The molecule has 2 rings (SSSR count). The van der Waals surface area contributed by atoms with Crippen LogP contribution >= 0.6 is 11.6 Å². The number of aromatic nitrogens is 3. The third kappa shape index (κ3) is 2.93. The maximum absolute atomic E-state index is 13.3. The standard InChI is InChI=1S/C13H16ClFN4/c1-3-4-19-13(11(14)8-18-19)12(16-2)9-5-10(15)7-17-6-9/h5-8,12,16H,3-4H2,1-2H3. The van der Waals surface area contributed by atoms with Crippen LogP contribution in [0.25, 0.3) is 0 Å². The van der Waals surface area contributed by atoms with Gasteiger partial charge in [0.05, 0.1) is 29.2 Å². The van der Waals surface area contributed by atoms with Crippen LogP contribution in [-0.4, -0.2) is 21.8 Å². The molecule has 0 aromatic carbocycles. The summed E-state index contributed by atoms with van der Waals surface area (Å²) in [6.45, 7) is 2.83. The second kappa shape index (κ2) is 6.12. The van der Waals surface area contributed by atoms with Crippen molar-refractivity contribution in [3.05, 3.63) is 46.8 Å². The lowest BCUT2D eigenvalue weighted by Gasteiger charge is -2.18. The molecule has 0 bridgehead atoms. The Bertz CT molecular complexity index is 555. The summed E-state index contributed by atoms with van der Waals surface area (Å²) in [5, 5.41) is 7.96. The summed E-state index contributed by atoms with van der Waals surface area (Å²) < 4.78 is 15.2. The van der Waals surface area contributed by atoms with E-state index in [0.717, 1.165) is 24.2 Å². The van der Waals surface area contributed by atoms with Crippen LogP contribution in [-0.2, 0) is 6.54 Å². The molecule has 0 saturated heterocycles. The molecule has 0 aliphatic heterocycles.